The van der Waals surface area contributed by atoms with Gasteiger partial charge in [0.15, 0.2) is 0 Å². The zero-order valence-corrected chi connectivity index (χ0v) is 20.4. The SMILES string of the molecule is CCC(c1nc2c(c(=O)n1Cc1ccccc1)CCC2)N1CCN(CC(=O)N2CCCC2)CC1. The molecule has 1 atom stereocenters. The van der Waals surface area contributed by atoms with Crippen molar-refractivity contribution in [2.75, 3.05) is 45.8 Å². The number of benzene rings is 1. The number of aryl methyl sites for hydroxylation is 1. The molecule has 1 aliphatic carbocycles. The summed E-state index contributed by atoms with van der Waals surface area (Å²) in [6, 6.07) is 10.3. The first-order chi connectivity index (χ1) is 16.6. The Morgan fingerprint density at radius 2 is 1.71 bits per heavy atom. The fourth-order valence-electron chi connectivity index (χ4n) is 5.82. The highest BCUT2D eigenvalue weighted by atomic mass is 16.2. The maximum atomic E-state index is 13.5. The van der Waals surface area contributed by atoms with Gasteiger partial charge < -0.3 is 4.90 Å². The van der Waals surface area contributed by atoms with Crippen molar-refractivity contribution >= 4 is 5.91 Å². The third-order valence-electron chi connectivity index (χ3n) is 7.75. The Bertz CT molecular complexity index is 1050. The van der Waals surface area contributed by atoms with Crippen LogP contribution in [0.2, 0.25) is 0 Å². The summed E-state index contributed by atoms with van der Waals surface area (Å²) < 4.78 is 1.94. The lowest BCUT2D eigenvalue weighted by Crippen LogP contribution is -2.51. The van der Waals surface area contributed by atoms with E-state index < -0.39 is 0 Å². The van der Waals surface area contributed by atoms with Crippen molar-refractivity contribution in [3.05, 3.63) is 63.3 Å². The molecule has 5 rings (SSSR count). The van der Waals surface area contributed by atoms with Crippen LogP contribution in [0.15, 0.2) is 35.1 Å². The Kier molecular flexibility index (Phi) is 7.11. The van der Waals surface area contributed by atoms with Gasteiger partial charge in [-0.25, -0.2) is 4.98 Å². The Morgan fingerprint density at radius 3 is 2.41 bits per heavy atom. The molecule has 34 heavy (non-hydrogen) atoms. The molecule has 1 aromatic carbocycles. The summed E-state index contributed by atoms with van der Waals surface area (Å²) in [5.74, 6) is 1.19. The molecule has 7 heteroatoms. The molecule has 2 fully saturated rings. The fourth-order valence-corrected chi connectivity index (χ4v) is 5.82. The molecule has 1 aromatic heterocycles. The standard InChI is InChI=1S/C27H37N5O2/c1-2-24(30-17-15-29(16-18-30)20-25(33)31-13-6-7-14-31)26-28-23-12-8-11-22(23)27(34)32(26)19-21-9-4-3-5-10-21/h3-5,9-10,24H,2,6-8,11-20H2,1H3. The lowest BCUT2D eigenvalue weighted by Gasteiger charge is -2.39. The van der Waals surface area contributed by atoms with Gasteiger partial charge in [-0.15, -0.1) is 0 Å². The number of piperazine rings is 1. The van der Waals surface area contributed by atoms with Gasteiger partial charge in [0.05, 0.1) is 24.8 Å². The summed E-state index contributed by atoms with van der Waals surface area (Å²) in [5.41, 5.74) is 3.21. The van der Waals surface area contributed by atoms with E-state index >= 15 is 0 Å². The maximum Gasteiger partial charge on any atom is 0.257 e. The van der Waals surface area contributed by atoms with Crippen LogP contribution in [0, 0.1) is 0 Å². The molecule has 7 nitrogen and oxygen atoms in total. The molecule has 3 aliphatic rings. The first-order valence-corrected chi connectivity index (χ1v) is 13.0. The van der Waals surface area contributed by atoms with Crippen molar-refractivity contribution in [1.82, 2.24) is 24.3 Å². The lowest BCUT2D eigenvalue weighted by atomic mass is 10.1. The van der Waals surface area contributed by atoms with Crippen LogP contribution < -0.4 is 5.56 Å². The van der Waals surface area contributed by atoms with Crippen LogP contribution in [-0.4, -0.2) is 76.0 Å². The first kappa shape index (κ1) is 23.2. The number of rotatable bonds is 7. The molecule has 2 aromatic rings. The topological polar surface area (TPSA) is 61.7 Å². The summed E-state index contributed by atoms with van der Waals surface area (Å²) in [7, 11) is 0. The molecular weight excluding hydrogens is 426 g/mol. The van der Waals surface area contributed by atoms with Crippen molar-refractivity contribution < 1.29 is 4.79 Å². The van der Waals surface area contributed by atoms with Crippen LogP contribution in [0.25, 0.3) is 0 Å². The molecule has 0 spiro atoms. The number of likely N-dealkylation sites (tertiary alicyclic amines) is 1. The van der Waals surface area contributed by atoms with Gasteiger partial charge in [-0.3, -0.25) is 24.0 Å². The Morgan fingerprint density at radius 1 is 0.971 bits per heavy atom. The fraction of sp³-hybridized carbons (Fsp3) is 0.593. The average Bonchev–Trinajstić information content (AvgIpc) is 3.56. The highest BCUT2D eigenvalue weighted by Gasteiger charge is 2.31. The normalized spacial score (nSPS) is 20.0. The van der Waals surface area contributed by atoms with E-state index in [1.54, 1.807) is 0 Å². The van der Waals surface area contributed by atoms with Gasteiger partial charge >= 0.3 is 0 Å². The van der Waals surface area contributed by atoms with Crippen molar-refractivity contribution in [2.24, 2.45) is 0 Å². The van der Waals surface area contributed by atoms with E-state index in [1.165, 1.54) is 0 Å². The van der Waals surface area contributed by atoms with Gasteiger partial charge in [0, 0.05) is 44.8 Å². The van der Waals surface area contributed by atoms with E-state index in [0.29, 0.717) is 13.1 Å². The minimum atomic E-state index is 0.110. The summed E-state index contributed by atoms with van der Waals surface area (Å²) in [6.45, 7) is 8.66. The van der Waals surface area contributed by atoms with E-state index in [1.807, 2.05) is 27.7 Å². The predicted octanol–water partition coefficient (Wildman–Crippen LogP) is 2.47. The molecule has 1 unspecified atom stereocenters. The van der Waals surface area contributed by atoms with Gasteiger partial charge in [-0.05, 0) is 44.1 Å². The summed E-state index contributed by atoms with van der Waals surface area (Å²) in [5, 5.41) is 0. The van der Waals surface area contributed by atoms with Crippen LogP contribution in [0.1, 0.15) is 61.3 Å². The molecule has 0 radical (unpaired) electrons. The summed E-state index contributed by atoms with van der Waals surface area (Å²) in [6.07, 6.45) is 5.95. The number of aromatic nitrogens is 2. The van der Waals surface area contributed by atoms with Gasteiger partial charge in [0.2, 0.25) is 5.91 Å². The number of fused-ring (bicyclic) bond motifs is 1. The zero-order valence-electron chi connectivity index (χ0n) is 20.4. The summed E-state index contributed by atoms with van der Waals surface area (Å²) in [4.78, 5) is 38.0. The Labute approximate surface area is 202 Å². The van der Waals surface area contributed by atoms with E-state index in [-0.39, 0.29) is 17.5 Å². The number of carbonyl (C=O) groups is 1. The molecule has 0 N–H and O–H groups in total. The van der Waals surface area contributed by atoms with Crippen LogP contribution in [0.4, 0.5) is 0 Å². The first-order valence-electron chi connectivity index (χ1n) is 13.0. The number of nitrogens with zero attached hydrogens (tertiary/aromatic N) is 5. The van der Waals surface area contributed by atoms with E-state index in [9.17, 15) is 9.59 Å². The van der Waals surface area contributed by atoms with Crippen LogP contribution in [0.5, 0.6) is 0 Å². The van der Waals surface area contributed by atoms with Gasteiger partial charge in [0.25, 0.3) is 5.56 Å². The lowest BCUT2D eigenvalue weighted by molar-refractivity contribution is -0.131. The highest BCUT2D eigenvalue weighted by molar-refractivity contribution is 5.78. The monoisotopic (exact) mass is 463 g/mol. The largest absolute Gasteiger partial charge is 0.342 e. The van der Waals surface area contributed by atoms with Crippen molar-refractivity contribution in [2.45, 2.75) is 58.0 Å². The van der Waals surface area contributed by atoms with E-state index in [0.717, 1.165) is 100 Å². The molecule has 3 heterocycles. The van der Waals surface area contributed by atoms with E-state index in [2.05, 4.69) is 28.9 Å². The molecule has 1 amide bonds. The smallest absolute Gasteiger partial charge is 0.257 e. The third kappa shape index (κ3) is 4.82. The second-order valence-corrected chi connectivity index (χ2v) is 9.95. The molecular formula is C27H37N5O2. The predicted molar refractivity (Wildman–Crippen MR) is 133 cm³/mol. The second kappa shape index (κ2) is 10.4. The van der Waals surface area contributed by atoms with Gasteiger partial charge in [-0.2, -0.15) is 0 Å². The van der Waals surface area contributed by atoms with Crippen molar-refractivity contribution in [3.8, 4) is 0 Å². The second-order valence-electron chi connectivity index (χ2n) is 9.95. The zero-order chi connectivity index (χ0) is 23.5. The quantitative estimate of drug-likeness (QED) is 0.631. The Balaban J connectivity index is 1.34. The number of carbonyl (C=O) groups excluding carboxylic acids is 1. The number of hydrogen-bond donors (Lipinski definition) is 0. The molecule has 0 saturated carbocycles. The maximum absolute atomic E-state index is 13.5. The third-order valence-corrected chi connectivity index (χ3v) is 7.75. The van der Waals surface area contributed by atoms with Crippen LogP contribution in [0.3, 0.4) is 0 Å². The number of hydrogen-bond acceptors (Lipinski definition) is 5. The van der Waals surface area contributed by atoms with Crippen LogP contribution >= 0.6 is 0 Å². The minimum Gasteiger partial charge on any atom is -0.342 e. The average molecular weight is 464 g/mol. The highest BCUT2D eigenvalue weighted by Crippen LogP contribution is 2.27. The summed E-state index contributed by atoms with van der Waals surface area (Å²) >= 11 is 0. The van der Waals surface area contributed by atoms with Crippen molar-refractivity contribution in [1.29, 1.82) is 0 Å². The minimum absolute atomic E-state index is 0.110. The van der Waals surface area contributed by atoms with Gasteiger partial charge in [0.1, 0.15) is 5.82 Å². The van der Waals surface area contributed by atoms with E-state index in [4.69, 9.17) is 4.98 Å². The molecule has 182 valence electrons. The molecule has 0 bridgehead atoms. The molecule has 2 aliphatic heterocycles. The van der Waals surface area contributed by atoms with Crippen molar-refractivity contribution in [3.63, 3.8) is 0 Å². The number of amides is 1. The Hall–Kier alpha value is -2.51. The van der Waals surface area contributed by atoms with Gasteiger partial charge in [-0.1, -0.05) is 37.3 Å². The molecule has 2 saturated heterocycles. The van der Waals surface area contributed by atoms with Crippen LogP contribution in [-0.2, 0) is 24.2 Å².